The Balaban J connectivity index is 1.74. The van der Waals surface area contributed by atoms with Crippen molar-refractivity contribution in [2.75, 3.05) is 13.7 Å². The molecule has 0 spiro atoms. The zero-order valence-electron chi connectivity index (χ0n) is 10.8. The molecule has 2 rings (SSSR count). The van der Waals surface area contributed by atoms with Crippen LogP contribution < -0.4 is 10.1 Å². The number of carbonyl (C=O) groups is 2. The first-order valence-corrected chi connectivity index (χ1v) is 6.25. The molecule has 1 aliphatic rings. The Morgan fingerprint density at radius 1 is 1.42 bits per heavy atom. The molecule has 0 saturated heterocycles. The SMILES string of the molecule is COc1cccc(CCNC(=O)[C@H]2C[C@@H]2C(=O)O)c1. The van der Waals surface area contributed by atoms with Gasteiger partial charge in [0.1, 0.15) is 5.75 Å². The van der Waals surface area contributed by atoms with Gasteiger partial charge in [-0.25, -0.2) is 0 Å². The molecule has 1 amide bonds. The minimum absolute atomic E-state index is 0.157. The van der Waals surface area contributed by atoms with E-state index in [0.29, 0.717) is 19.4 Å². The maximum absolute atomic E-state index is 11.6. The van der Waals surface area contributed by atoms with Crippen LogP contribution in [0.25, 0.3) is 0 Å². The van der Waals surface area contributed by atoms with E-state index >= 15 is 0 Å². The fourth-order valence-corrected chi connectivity index (χ4v) is 2.05. The van der Waals surface area contributed by atoms with Crippen LogP contribution in [0.4, 0.5) is 0 Å². The van der Waals surface area contributed by atoms with E-state index in [1.807, 2.05) is 24.3 Å². The summed E-state index contributed by atoms with van der Waals surface area (Å²) in [5.41, 5.74) is 1.07. The average molecular weight is 263 g/mol. The highest BCUT2D eigenvalue weighted by atomic mass is 16.5. The predicted octanol–water partition coefficient (Wildman–Crippen LogP) is 1.07. The molecule has 1 fully saturated rings. The first-order chi connectivity index (χ1) is 9.11. The summed E-state index contributed by atoms with van der Waals surface area (Å²) in [7, 11) is 1.61. The number of aliphatic carboxylic acids is 1. The smallest absolute Gasteiger partial charge is 0.307 e. The molecule has 2 N–H and O–H groups in total. The minimum Gasteiger partial charge on any atom is -0.497 e. The van der Waals surface area contributed by atoms with Crippen LogP contribution in [-0.2, 0) is 16.0 Å². The molecule has 0 unspecified atom stereocenters. The topological polar surface area (TPSA) is 75.6 Å². The number of hydrogen-bond acceptors (Lipinski definition) is 3. The van der Waals surface area contributed by atoms with E-state index in [4.69, 9.17) is 9.84 Å². The van der Waals surface area contributed by atoms with Gasteiger partial charge in [0.2, 0.25) is 5.91 Å². The van der Waals surface area contributed by atoms with E-state index in [9.17, 15) is 9.59 Å². The first kappa shape index (κ1) is 13.4. The molecule has 1 aromatic rings. The third-order valence-electron chi connectivity index (χ3n) is 3.29. The van der Waals surface area contributed by atoms with Crippen molar-refractivity contribution in [1.82, 2.24) is 5.32 Å². The van der Waals surface area contributed by atoms with Gasteiger partial charge in [-0.1, -0.05) is 12.1 Å². The van der Waals surface area contributed by atoms with Crippen molar-refractivity contribution in [2.24, 2.45) is 11.8 Å². The number of carboxylic acid groups (broad SMARTS) is 1. The van der Waals surface area contributed by atoms with E-state index in [2.05, 4.69) is 5.32 Å². The Hall–Kier alpha value is -2.04. The molecule has 0 aliphatic heterocycles. The summed E-state index contributed by atoms with van der Waals surface area (Å²) < 4.78 is 5.12. The fraction of sp³-hybridized carbons (Fsp3) is 0.429. The lowest BCUT2D eigenvalue weighted by atomic mass is 10.1. The molecule has 0 bridgehead atoms. The Kier molecular flexibility index (Phi) is 4.04. The molecule has 5 heteroatoms. The second-order valence-corrected chi connectivity index (χ2v) is 4.68. The van der Waals surface area contributed by atoms with E-state index in [1.165, 1.54) is 0 Å². The number of hydrogen-bond donors (Lipinski definition) is 2. The highest BCUT2D eigenvalue weighted by Gasteiger charge is 2.48. The third kappa shape index (κ3) is 3.47. The van der Waals surface area contributed by atoms with Crippen molar-refractivity contribution >= 4 is 11.9 Å². The maximum Gasteiger partial charge on any atom is 0.307 e. The van der Waals surface area contributed by atoms with Gasteiger partial charge in [-0.3, -0.25) is 9.59 Å². The summed E-state index contributed by atoms with van der Waals surface area (Å²) in [4.78, 5) is 22.3. The van der Waals surface area contributed by atoms with E-state index in [-0.39, 0.29) is 11.8 Å². The highest BCUT2D eigenvalue weighted by Crippen LogP contribution is 2.38. The van der Waals surface area contributed by atoms with Crippen LogP contribution in [0.1, 0.15) is 12.0 Å². The van der Waals surface area contributed by atoms with Crippen LogP contribution in [0.3, 0.4) is 0 Å². The number of carboxylic acids is 1. The number of carbonyl (C=O) groups excluding carboxylic acids is 1. The molecule has 102 valence electrons. The summed E-state index contributed by atoms with van der Waals surface area (Å²) in [6, 6.07) is 7.65. The minimum atomic E-state index is -0.882. The van der Waals surface area contributed by atoms with Gasteiger partial charge >= 0.3 is 5.97 Å². The van der Waals surface area contributed by atoms with Gasteiger partial charge in [0, 0.05) is 6.54 Å². The molecule has 1 aromatic carbocycles. The molecule has 19 heavy (non-hydrogen) atoms. The monoisotopic (exact) mass is 263 g/mol. The summed E-state index contributed by atoms with van der Waals surface area (Å²) in [5, 5.41) is 11.5. The molecule has 0 heterocycles. The molecule has 2 atom stereocenters. The van der Waals surface area contributed by atoms with Crippen LogP contribution in [0.5, 0.6) is 5.75 Å². The maximum atomic E-state index is 11.6. The number of benzene rings is 1. The van der Waals surface area contributed by atoms with Gasteiger partial charge in [-0.05, 0) is 30.5 Å². The molecule has 0 radical (unpaired) electrons. The van der Waals surface area contributed by atoms with Crippen molar-refractivity contribution in [3.63, 3.8) is 0 Å². The van der Waals surface area contributed by atoms with Gasteiger partial charge in [-0.2, -0.15) is 0 Å². The Labute approximate surface area is 111 Å². The third-order valence-corrected chi connectivity index (χ3v) is 3.29. The average Bonchev–Trinajstić information content (AvgIpc) is 3.19. The zero-order chi connectivity index (χ0) is 13.8. The van der Waals surface area contributed by atoms with E-state index < -0.39 is 11.9 Å². The lowest BCUT2D eigenvalue weighted by Gasteiger charge is -2.06. The van der Waals surface area contributed by atoms with Crippen LogP contribution in [0.2, 0.25) is 0 Å². The standard InChI is InChI=1S/C14H17NO4/c1-19-10-4-2-3-9(7-10)5-6-15-13(16)11-8-12(11)14(17)18/h2-4,7,11-12H,5-6,8H2,1H3,(H,15,16)(H,17,18)/t11-,12-/m0/s1. The molecular weight excluding hydrogens is 246 g/mol. The molecule has 1 aliphatic carbocycles. The predicted molar refractivity (Wildman–Crippen MR) is 68.9 cm³/mol. The Bertz CT molecular complexity index is 486. The van der Waals surface area contributed by atoms with Crippen molar-refractivity contribution in [3.8, 4) is 5.75 Å². The quantitative estimate of drug-likeness (QED) is 0.805. The van der Waals surface area contributed by atoms with Crippen LogP contribution in [0, 0.1) is 11.8 Å². The molecular formula is C14H17NO4. The van der Waals surface area contributed by atoms with Crippen LogP contribution in [0.15, 0.2) is 24.3 Å². The Morgan fingerprint density at radius 3 is 2.84 bits per heavy atom. The number of rotatable bonds is 6. The fourth-order valence-electron chi connectivity index (χ4n) is 2.05. The van der Waals surface area contributed by atoms with Gasteiger partial charge in [0.15, 0.2) is 0 Å². The van der Waals surface area contributed by atoms with Crippen molar-refractivity contribution < 1.29 is 19.4 Å². The molecule has 0 aromatic heterocycles. The van der Waals surface area contributed by atoms with Crippen molar-refractivity contribution in [2.45, 2.75) is 12.8 Å². The van der Waals surface area contributed by atoms with Crippen LogP contribution >= 0.6 is 0 Å². The lowest BCUT2D eigenvalue weighted by molar-refractivity contribution is -0.140. The number of methoxy groups -OCH3 is 1. The van der Waals surface area contributed by atoms with Gasteiger partial charge in [0.05, 0.1) is 18.9 Å². The summed E-state index contributed by atoms with van der Waals surface area (Å²) in [6.45, 7) is 0.509. The number of ether oxygens (including phenoxy) is 1. The largest absolute Gasteiger partial charge is 0.497 e. The number of nitrogens with one attached hydrogen (secondary N) is 1. The summed E-state index contributed by atoms with van der Waals surface area (Å²) >= 11 is 0. The zero-order valence-corrected chi connectivity index (χ0v) is 10.8. The summed E-state index contributed by atoms with van der Waals surface area (Å²) in [5.74, 6) is -1.08. The number of amides is 1. The van der Waals surface area contributed by atoms with E-state index in [0.717, 1.165) is 11.3 Å². The second-order valence-electron chi connectivity index (χ2n) is 4.68. The Morgan fingerprint density at radius 2 is 2.21 bits per heavy atom. The lowest BCUT2D eigenvalue weighted by Crippen LogP contribution is -2.28. The van der Waals surface area contributed by atoms with Gasteiger partial charge in [-0.15, -0.1) is 0 Å². The first-order valence-electron chi connectivity index (χ1n) is 6.25. The highest BCUT2D eigenvalue weighted by molar-refractivity contribution is 5.89. The second kappa shape index (κ2) is 5.73. The van der Waals surface area contributed by atoms with Crippen molar-refractivity contribution in [3.05, 3.63) is 29.8 Å². The van der Waals surface area contributed by atoms with Crippen molar-refractivity contribution in [1.29, 1.82) is 0 Å². The van der Waals surface area contributed by atoms with Crippen LogP contribution in [-0.4, -0.2) is 30.6 Å². The van der Waals surface area contributed by atoms with Gasteiger partial charge in [0.25, 0.3) is 0 Å². The summed E-state index contributed by atoms with van der Waals surface area (Å²) in [6.07, 6.45) is 1.16. The molecule has 1 saturated carbocycles. The normalized spacial score (nSPS) is 20.7. The molecule has 5 nitrogen and oxygen atoms in total. The van der Waals surface area contributed by atoms with Gasteiger partial charge < -0.3 is 15.2 Å². The van der Waals surface area contributed by atoms with E-state index in [1.54, 1.807) is 7.11 Å².